The van der Waals surface area contributed by atoms with Gasteiger partial charge in [0.05, 0.1) is 0 Å². The minimum absolute atomic E-state index is 0.0159. The molecule has 0 aliphatic rings. The molecule has 0 saturated carbocycles. The number of nitrogens with zero attached hydrogens (tertiary/aromatic N) is 1. The van der Waals surface area contributed by atoms with Crippen LogP contribution < -0.4 is 5.56 Å². The normalized spacial score (nSPS) is 12.6. The number of H-pyrrole nitrogens is 1. The number of aromatic nitrogens is 2. The lowest BCUT2D eigenvalue weighted by Gasteiger charge is -2.11. The molecule has 1 aromatic heterocycles. The molecular formula is C13H16N2OS. The molecule has 3 nitrogen and oxygen atoms in total. The molecule has 1 heterocycles. The molecular weight excluding hydrogens is 232 g/mol. The summed E-state index contributed by atoms with van der Waals surface area (Å²) in [7, 11) is 0. The van der Waals surface area contributed by atoms with E-state index < -0.39 is 0 Å². The molecule has 1 unspecified atom stereocenters. The Balaban J connectivity index is 2.17. The summed E-state index contributed by atoms with van der Waals surface area (Å²) in [4.78, 5) is 11.7. The highest BCUT2D eigenvalue weighted by Gasteiger charge is 2.10. The van der Waals surface area contributed by atoms with Crippen molar-refractivity contribution < 1.29 is 0 Å². The van der Waals surface area contributed by atoms with E-state index in [-0.39, 0.29) is 10.9 Å². The second-order valence-electron chi connectivity index (χ2n) is 4.01. The summed E-state index contributed by atoms with van der Waals surface area (Å²) in [5.74, 6) is 0. The van der Waals surface area contributed by atoms with E-state index in [4.69, 9.17) is 0 Å². The highest BCUT2D eigenvalue weighted by molar-refractivity contribution is 7.80. The molecule has 17 heavy (non-hydrogen) atoms. The first-order valence-corrected chi connectivity index (χ1v) is 6.24. The fourth-order valence-electron chi connectivity index (χ4n) is 1.78. The Morgan fingerprint density at radius 2 is 2.06 bits per heavy atom. The molecule has 0 amide bonds. The van der Waals surface area contributed by atoms with Gasteiger partial charge < -0.3 is 0 Å². The van der Waals surface area contributed by atoms with Crippen LogP contribution in [0, 0.1) is 0 Å². The minimum atomic E-state index is -0.148. The van der Waals surface area contributed by atoms with Crippen molar-refractivity contribution >= 4 is 12.6 Å². The summed E-state index contributed by atoms with van der Waals surface area (Å²) in [5.41, 5.74) is 2.10. The molecule has 1 N–H and O–H groups in total. The van der Waals surface area contributed by atoms with Crippen LogP contribution in [0.2, 0.25) is 0 Å². The molecule has 2 aromatic rings. The Labute approximate surface area is 106 Å². The standard InChI is InChI=1S/C13H16N2OS/c1-2-11-9-12(16)15(14-11)13(17)8-10-6-4-3-5-7-10/h3-7,9,13-14,17H,2,8H2,1H3. The quantitative estimate of drug-likeness (QED) is 0.801. The average molecular weight is 248 g/mol. The number of hydrogen-bond acceptors (Lipinski definition) is 2. The van der Waals surface area contributed by atoms with Gasteiger partial charge in [-0.1, -0.05) is 37.3 Å². The molecule has 0 spiro atoms. The molecule has 0 fully saturated rings. The summed E-state index contributed by atoms with van der Waals surface area (Å²) in [6.45, 7) is 2.01. The Morgan fingerprint density at radius 3 is 2.65 bits per heavy atom. The van der Waals surface area contributed by atoms with Crippen molar-refractivity contribution in [1.29, 1.82) is 0 Å². The Hall–Kier alpha value is -1.42. The lowest BCUT2D eigenvalue weighted by atomic mass is 10.1. The molecule has 1 aromatic carbocycles. The molecule has 0 bridgehead atoms. The largest absolute Gasteiger partial charge is 0.299 e. The van der Waals surface area contributed by atoms with Crippen LogP contribution in [0.25, 0.3) is 0 Å². The second-order valence-corrected chi connectivity index (χ2v) is 4.61. The van der Waals surface area contributed by atoms with Crippen LogP contribution in [-0.4, -0.2) is 9.78 Å². The molecule has 0 aliphatic heterocycles. The van der Waals surface area contributed by atoms with E-state index in [0.717, 1.165) is 18.5 Å². The zero-order valence-corrected chi connectivity index (χ0v) is 10.7. The number of hydrogen-bond donors (Lipinski definition) is 2. The van der Waals surface area contributed by atoms with Gasteiger partial charge in [-0.25, -0.2) is 4.68 Å². The number of aryl methyl sites for hydroxylation is 1. The van der Waals surface area contributed by atoms with Crippen molar-refractivity contribution in [2.24, 2.45) is 0 Å². The van der Waals surface area contributed by atoms with Crippen LogP contribution in [0.15, 0.2) is 41.2 Å². The van der Waals surface area contributed by atoms with Gasteiger partial charge >= 0.3 is 0 Å². The van der Waals surface area contributed by atoms with Crippen LogP contribution in [-0.2, 0) is 12.8 Å². The van der Waals surface area contributed by atoms with Gasteiger partial charge in [0.25, 0.3) is 5.56 Å². The molecule has 0 aliphatic carbocycles. The predicted octanol–water partition coefficient (Wildman–Crippen LogP) is 2.41. The molecule has 0 radical (unpaired) electrons. The van der Waals surface area contributed by atoms with Crippen LogP contribution in [0.1, 0.15) is 23.6 Å². The van der Waals surface area contributed by atoms with Crippen LogP contribution >= 0.6 is 12.6 Å². The number of nitrogens with one attached hydrogen (secondary N) is 1. The Kier molecular flexibility index (Phi) is 3.74. The van der Waals surface area contributed by atoms with E-state index in [1.807, 2.05) is 37.3 Å². The maximum atomic E-state index is 11.7. The highest BCUT2D eigenvalue weighted by atomic mass is 32.1. The van der Waals surface area contributed by atoms with E-state index in [1.54, 1.807) is 10.7 Å². The van der Waals surface area contributed by atoms with Crippen LogP contribution in [0.4, 0.5) is 0 Å². The average Bonchev–Trinajstić information content (AvgIpc) is 2.72. The first-order valence-electron chi connectivity index (χ1n) is 5.73. The van der Waals surface area contributed by atoms with Crippen molar-refractivity contribution in [3.8, 4) is 0 Å². The Morgan fingerprint density at radius 1 is 1.35 bits per heavy atom. The molecule has 0 saturated heterocycles. The molecule has 4 heteroatoms. The lowest BCUT2D eigenvalue weighted by Crippen LogP contribution is -2.20. The van der Waals surface area contributed by atoms with E-state index in [1.165, 1.54) is 5.56 Å². The summed E-state index contributed by atoms with van der Waals surface area (Å²) in [6, 6.07) is 11.7. The van der Waals surface area contributed by atoms with Gasteiger partial charge in [0.2, 0.25) is 0 Å². The van der Waals surface area contributed by atoms with Crippen LogP contribution in [0.5, 0.6) is 0 Å². The Bertz CT molecular complexity index is 530. The predicted molar refractivity (Wildman–Crippen MR) is 72.6 cm³/mol. The monoisotopic (exact) mass is 248 g/mol. The topological polar surface area (TPSA) is 37.8 Å². The summed E-state index contributed by atoms with van der Waals surface area (Å²) < 4.78 is 1.58. The SMILES string of the molecule is CCc1cc(=O)n(C(S)Cc2ccccc2)[nH]1. The van der Waals surface area contributed by atoms with Crippen molar-refractivity contribution in [3.63, 3.8) is 0 Å². The van der Waals surface area contributed by atoms with Gasteiger partial charge in [-0.05, 0) is 12.0 Å². The third-order valence-electron chi connectivity index (χ3n) is 2.74. The zero-order valence-electron chi connectivity index (χ0n) is 9.76. The summed E-state index contributed by atoms with van der Waals surface area (Å²) >= 11 is 4.48. The summed E-state index contributed by atoms with van der Waals surface area (Å²) in [6.07, 6.45) is 1.56. The van der Waals surface area contributed by atoms with Crippen molar-refractivity contribution in [3.05, 3.63) is 58.0 Å². The second kappa shape index (κ2) is 5.27. The van der Waals surface area contributed by atoms with E-state index in [2.05, 4.69) is 17.7 Å². The van der Waals surface area contributed by atoms with E-state index in [0.29, 0.717) is 0 Å². The van der Waals surface area contributed by atoms with E-state index in [9.17, 15) is 4.79 Å². The highest BCUT2D eigenvalue weighted by Crippen LogP contribution is 2.15. The van der Waals surface area contributed by atoms with Crippen LogP contribution in [0.3, 0.4) is 0 Å². The van der Waals surface area contributed by atoms with Crippen molar-refractivity contribution in [2.45, 2.75) is 25.1 Å². The third-order valence-corrected chi connectivity index (χ3v) is 3.15. The van der Waals surface area contributed by atoms with Gasteiger partial charge in [0, 0.05) is 18.2 Å². The maximum absolute atomic E-state index is 11.7. The van der Waals surface area contributed by atoms with E-state index >= 15 is 0 Å². The van der Waals surface area contributed by atoms with Crippen molar-refractivity contribution in [1.82, 2.24) is 9.78 Å². The van der Waals surface area contributed by atoms with Gasteiger partial charge in [0.1, 0.15) is 5.37 Å². The van der Waals surface area contributed by atoms with Gasteiger partial charge in [-0.2, -0.15) is 12.6 Å². The number of benzene rings is 1. The zero-order chi connectivity index (χ0) is 12.3. The molecule has 90 valence electrons. The van der Waals surface area contributed by atoms with Crippen molar-refractivity contribution in [2.75, 3.05) is 0 Å². The summed E-state index contributed by atoms with van der Waals surface area (Å²) in [5, 5.41) is 2.93. The minimum Gasteiger partial charge on any atom is -0.299 e. The fourth-order valence-corrected chi connectivity index (χ4v) is 2.16. The number of thiol groups is 1. The molecule has 2 rings (SSSR count). The maximum Gasteiger partial charge on any atom is 0.267 e. The first kappa shape index (κ1) is 12.0. The smallest absolute Gasteiger partial charge is 0.267 e. The number of rotatable bonds is 4. The lowest BCUT2D eigenvalue weighted by molar-refractivity contribution is 0.577. The number of aromatic amines is 1. The van der Waals surface area contributed by atoms with Gasteiger partial charge in [-0.3, -0.25) is 9.89 Å². The fraction of sp³-hybridized carbons (Fsp3) is 0.308. The van der Waals surface area contributed by atoms with Gasteiger partial charge in [0.15, 0.2) is 0 Å². The molecule has 1 atom stereocenters. The first-order chi connectivity index (χ1) is 8.20. The third kappa shape index (κ3) is 2.82. The van der Waals surface area contributed by atoms with Gasteiger partial charge in [-0.15, -0.1) is 0 Å².